The van der Waals surface area contributed by atoms with Crippen molar-refractivity contribution in [2.24, 2.45) is 0 Å². The maximum atomic E-state index is 12.9. The van der Waals surface area contributed by atoms with Gasteiger partial charge in [-0.15, -0.1) is 0 Å². The maximum Gasteiger partial charge on any atom is 0.335 e. The largest absolute Gasteiger partial charge is 0.492 e. The van der Waals surface area contributed by atoms with Crippen molar-refractivity contribution in [2.75, 3.05) is 11.5 Å². The number of hydrogen-bond acceptors (Lipinski definition) is 4. The van der Waals surface area contributed by atoms with E-state index in [0.717, 1.165) is 16.9 Å². The molecule has 0 radical (unpaired) electrons. The van der Waals surface area contributed by atoms with Gasteiger partial charge in [-0.2, -0.15) is 0 Å². The summed E-state index contributed by atoms with van der Waals surface area (Å²) in [5.41, 5.74) is 1.71. The normalized spacial score (nSPS) is 15.8. The minimum atomic E-state index is -0.758. The zero-order chi connectivity index (χ0) is 20.3. The number of ether oxygens (including phenoxy) is 1. The number of halogens is 1. The average molecular weight is 443 g/mol. The minimum absolute atomic E-state index is 0.114. The van der Waals surface area contributed by atoms with Crippen LogP contribution in [0.25, 0.3) is 6.08 Å². The Bertz CT molecular complexity index is 984. The second kappa shape index (κ2) is 8.39. The Hall–Kier alpha value is -2.93. The smallest absolute Gasteiger partial charge is 0.335 e. The third kappa shape index (κ3) is 3.99. The van der Waals surface area contributed by atoms with Crippen molar-refractivity contribution in [3.05, 3.63) is 63.6 Å². The molecule has 1 N–H and O–H groups in total. The number of barbiturate groups is 1. The molecule has 3 rings (SSSR count). The lowest BCUT2D eigenvalue weighted by molar-refractivity contribution is -0.122. The van der Waals surface area contributed by atoms with Gasteiger partial charge in [-0.25, -0.2) is 9.69 Å². The van der Waals surface area contributed by atoms with Crippen LogP contribution in [0.2, 0.25) is 0 Å². The number of imide groups is 2. The van der Waals surface area contributed by atoms with Gasteiger partial charge in [0.1, 0.15) is 11.3 Å². The number of nitrogens with zero attached hydrogens (tertiary/aromatic N) is 1. The second-order valence-corrected chi connectivity index (χ2v) is 7.14. The van der Waals surface area contributed by atoms with Crippen LogP contribution in [-0.4, -0.2) is 24.5 Å². The van der Waals surface area contributed by atoms with E-state index in [-0.39, 0.29) is 5.57 Å². The van der Waals surface area contributed by atoms with Crippen molar-refractivity contribution in [1.29, 1.82) is 0 Å². The van der Waals surface area contributed by atoms with Gasteiger partial charge in [-0.1, -0.05) is 31.2 Å². The molecule has 1 fully saturated rings. The molecule has 0 unspecified atom stereocenters. The molecule has 28 heavy (non-hydrogen) atoms. The van der Waals surface area contributed by atoms with E-state index in [1.807, 2.05) is 13.0 Å². The van der Waals surface area contributed by atoms with Gasteiger partial charge >= 0.3 is 6.03 Å². The summed E-state index contributed by atoms with van der Waals surface area (Å²) in [7, 11) is 0. The predicted molar refractivity (Wildman–Crippen MR) is 110 cm³/mol. The molecule has 2 aromatic rings. The predicted octanol–water partition coefficient (Wildman–Crippen LogP) is 4.21. The number of benzene rings is 2. The van der Waals surface area contributed by atoms with Crippen molar-refractivity contribution in [3.63, 3.8) is 0 Å². The highest BCUT2D eigenvalue weighted by Crippen LogP contribution is 2.29. The first-order valence-electron chi connectivity index (χ1n) is 8.81. The number of amides is 4. The Morgan fingerprint density at radius 2 is 1.89 bits per heavy atom. The molecule has 1 heterocycles. The van der Waals surface area contributed by atoms with Crippen LogP contribution in [0.3, 0.4) is 0 Å². The molecule has 2 aromatic carbocycles. The van der Waals surface area contributed by atoms with E-state index in [2.05, 4.69) is 21.2 Å². The molecule has 0 bridgehead atoms. The Kier molecular flexibility index (Phi) is 5.94. The fourth-order valence-electron chi connectivity index (χ4n) is 2.79. The lowest BCUT2D eigenvalue weighted by atomic mass is 10.1. The Morgan fingerprint density at radius 1 is 1.14 bits per heavy atom. The zero-order valence-electron chi connectivity index (χ0n) is 15.5. The van der Waals surface area contributed by atoms with Crippen molar-refractivity contribution in [3.8, 4) is 5.75 Å². The summed E-state index contributed by atoms with van der Waals surface area (Å²) in [4.78, 5) is 38.5. The third-order valence-corrected chi connectivity index (χ3v) is 4.81. The lowest BCUT2D eigenvalue weighted by Gasteiger charge is -2.27. The lowest BCUT2D eigenvalue weighted by Crippen LogP contribution is -2.54. The van der Waals surface area contributed by atoms with E-state index in [0.29, 0.717) is 28.1 Å². The molecule has 1 aliphatic rings. The summed E-state index contributed by atoms with van der Waals surface area (Å²) >= 11 is 3.44. The van der Waals surface area contributed by atoms with Crippen LogP contribution in [0.4, 0.5) is 10.5 Å². The fourth-order valence-corrected chi connectivity index (χ4v) is 3.30. The van der Waals surface area contributed by atoms with Crippen LogP contribution in [0.15, 0.2) is 52.5 Å². The molecule has 0 saturated carbocycles. The van der Waals surface area contributed by atoms with E-state index in [4.69, 9.17) is 4.74 Å². The summed E-state index contributed by atoms with van der Waals surface area (Å²) < 4.78 is 6.32. The van der Waals surface area contributed by atoms with Crippen molar-refractivity contribution in [1.82, 2.24) is 5.32 Å². The quantitative estimate of drug-likeness (QED) is 0.555. The fraction of sp³-hybridized carbons (Fsp3) is 0.190. The first kappa shape index (κ1) is 19.8. The third-order valence-electron chi connectivity index (χ3n) is 4.19. The highest BCUT2D eigenvalue weighted by molar-refractivity contribution is 9.10. The van der Waals surface area contributed by atoms with E-state index >= 15 is 0 Å². The van der Waals surface area contributed by atoms with Crippen molar-refractivity contribution in [2.45, 2.75) is 20.3 Å². The molecule has 6 nitrogen and oxygen atoms in total. The summed E-state index contributed by atoms with van der Waals surface area (Å²) in [6.45, 7) is 4.40. The van der Waals surface area contributed by atoms with Gasteiger partial charge in [0.2, 0.25) is 0 Å². The van der Waals surface area contributed by atoms with Crippen LogP contribution >= 0.6 is 15.9 Å². The highest BCUT2D eigenvalue weighted by Gasteiger charge is 2.37. The van der Waals surface area contributed by atoms with Gasteiger partial charge < -0.3 is 4.74 Å². The molecule has 0 atom stereocenters. The topological polar surface area (TPSA) is 75.7 Å². The first-order chi connectivity index (χ1) is 13.4. The molecular weight excluding hydrogens is 424 g/mol. The Labute approximate surface area is 171 Å². The van der Waals surface area contributed by atoms with Gasteiger partial charge in [0, 0.05) is 0 Å². The van der Waals surface area contributed by atoms with Gasteiger partial charge in [-0.3, -0.25) is 14.9 Å². The standard InChI is InChI=1S/C21H19BrN2O4/c1-3-10-28-18-9-8-14(12-16(18)22)11-15-19(25)23-21(27)24(20(15)26)17-7-5-4-6-13(17)2/h4-9,11-12H,3,10H2,1-2H3,(H,23,25,27)/b15-11+. The van der Waals surface area contributed by atoms with E-state index < -0.39 is 17.8 Å². The Morgan fingerprint density at radius 3 is 2.57 bits per heavy atom. The maximum absolute atomic E-state index is 12.9. The van der Waals surface area contributed by atoms with Gasteiger partial charge in [0.05, 0.1) is 16.8 Å². The summed E-state index contributed by atoms with van der Waals surface area (Å²) in [6, 6.07) is 11.5. The van der Waals surface area contributed by atoms with Crippen molar-refractivity contribution >= 4 is 45.5 Å². The van der Waals surface area contributed by atoms with Crippen LogP contribution in [0, 0.1) is 6.92 Å². The number of aryl methyl sites for hydroxylation is 1. The molecule has 1 aliphatic heterocycles. The van der Waals surface area contributed by atoms with E-state index in [1.54, 1.807) is 43.3 Å². The molecule has 0 spiro atoms. The summed E-state index contributed by atoms with van der Waals surface area (Å²) in [6.07, 6.45) is 2.35. The van der Waals surface area contributed by atoms with E-state index in [9.17, 15) is 14.4 Å². The highest BCUT2D eigenvalue weighted by atomic mass is 79.9. The second-order valence-electron chi connectivity index (χ2n) is 6.28. The molecule has 4 amide bonds. The van der Waals surface area contributed by atoms with E-state index in [1.165, 1.54) is 6.08 Å². The number of nitrogens with one attached hydrogen (secondary N) is 1. The average Bonchev–Trinajstić information content (AvgIpc) is 2.66. The monoisotopic (exact) mass is 442 g/mol. The van der Waals surface area contributed by atoms with Crippen LogP contribution in [0.5, 0.6) is 5.75 Å². The number of urea groups is 1. The number of carbonyl (C=O) groups excluding carboxylic acids is 3. The molecular formula is C21H19BrN2O4. The molecule has 0 aliphatic carbocycles. The number of rotatable bonds is 5. The molecule has 7 heteroatoms. The molecule has 1 saturated heterocycles. The van der Waals surface area contributed by atoms with Crippen LogP contribution in [0.1, 0.15) is 24.5 Å². The van der Waals surface area contributed by atoms with Crippen LogP contribution < -0.4 is 15.0 Å². The first-order valence-corrected chi connectivity index (χ1v) is 9.61. The molecule has 144 valence electrons. The zero-order valence-corrected chi connectivity index (χ0v) is 17.1. The van der Waals surface area contributed by atoms with Gasteiger partial charge in [0.15, 0.2) is 0 Å². The SMILES string of the molecule is CCCOc1ccc(/C=C2\C(=O)NC(=O)N(c3ccccc3C)C2=O)cc1Br. The number of para-hydroxylation sites is 1. The number of carbonyl (C=O) groups is 3. The van der Waals surface area contributed by atoms with Crippen molar-refractivity contribution < 1.29 is 19.1 Å². The molecule has 0 aromatic heterocycles. The van der Waals surface area contributed by atoms with Gasteiger partial charge in [-0.05, 0) is 64.7 Å². The number of anilines is 1. The summed E-state index contributed by atoms with van der Waals surface area (Å²) in [5.74, 6) is -0.701. The summed E-state index contributed by atoms with van der Waals surface area (Å²) in [5, 5.41) is 2.23. The number of hydrogen-bond donors (Lipinski definition) is 1. The van der Waals surface area contributed by atoms with Crippen LogP contribution in [-0.2, 0) is 9.59 Å². The Balaban J connectivity index is 1.95. The van der Waals surface area contributed by atoms with Gasteiger partial charge in [0.25, 0.3) is 11.8 Å². The minimum Gasteiger partial charge on any atom is -0.492 e.